The van der Waals surface area contributed by atoms with Gasteiger partial charge in [-0.15, -0.1) is 0 Å². The number of nitrogens with zero attached hydrogens (tertiary/aromatic N) is 3. The maximum absolute atomic E-state index is 14.7. The van der Waals surface area contributed by atoms with Crippen LogP contribution >= 0.6 is 0 Å². The second-order valence-corrected chi connectivity index (χ2v) is 7.65. The molecule has 164 valence electrons. The number of nitrogens with one attached hydrogen (secondary N) is 3. The number of halogens is 2. The number of anilines is 1. The van der Waals surface area contributed by atoms with Gasteiger partial charge in [0, 0.05) is 47.6 Å². The summed E-state index contributed by atoms with van der Waals surface area (Å²) in [5, 5.41) is 13.4. The number of hydrogen-bond donors (Lipinski definition) is 3. The highest BCUT2D eigenvalue weighted by Gasteiger charge is 2.27. The third-order valence-electron chi connectivity index (χ3n) is 5.35. The molecule has 0 spiro atoms. The lowest BCUT2D eigenvalue weighted by Gasteiger charge is -2.19. The summed E-state index contributed by atoms with van der Waals surface area (Å²) in [4.78, 5) is 25.1. The topological polar surface area (TPSA) is 104 Å². The molecular formula is C23H22F2N6O. The van der Waals surface area contributed by atoms with Crippen LogP contribution in [0.4, 0.5) is 14.5 Å². The van der Waals surface area contributed by atoms with E-state index in [0.717, 1.165) is 30.9 Å². The van der Waals surface area contributed by atoms with Crippen molar-refractivity contribution < 1.29 is 13.6 Å². The summed E-state index contributed by atoms with van der Waals surface area (Å²) in [7, 11) is 1.71. The second kappa shape index (κ2) is 9.27. The molecule has 4 rings (SSSR count). The van der Waals surface area contributed by atoms with E-state index in [1.807, 2.05) is 0 Å². The molecule has 1 unspecified atom stereocenters. The predicted molar refractivity (Wildman–Crippen MR) is 116 cm³/mol. The SMILES string of the molecule is CNC(Cc1nc(C2CC2)ncc1C=N)c1cc(NC(=O)c2ccc(F)cn2)ccc1F. The standard InChI is InChI=1S/C23H22F2N6O/c1-27-21(9-20-14(10-26)11-29-22(31-20)13-2-3-13)17-8-16(5-6-18(17)25)30-23(32)19-7-4-15(24)12-28-19/h4-8,10-13,21,26-27H,2-3,9H2,1H3,(H,30,32). The van der Waals surface area contributed by atoms with Gasteiger partial charge >= 0.3 is 0 Å². The molecule has 1 atom stereocenters. The average Bonchev–Trinajstić information content (AvgIpc) is 3.65. The van der Waals surface area contributed by atoms with E-state index in [1.165, 1.54) is 24.4 Å². The lowest BCUT2D eigenvalue weighted by Crippen LogP contribution is -2.22. The Morgan fingerprint density at radius 1 is 1.22 bits per heavy atom. The van der Waals surface area contributed by atoms with Gasteiger partial charge < -0.3 is 16.0 Å². The Hall–Kier alpha value is -3.59. The molecule has 0 radical (unpaired) electrons. The molecule has 0 aliphatic heterocycles. The molecule has 1 aromatic carbocycles. The van der Waals surface area contributed by atoms with Crippen molar-refractivity contribution in [2.75, 3.05) is 12.4 Å². The van der Waals surface area contributed by atoms with E-state index in [2.05, 4.69) is 25.6 Å². The molecule has 1 aliphatic carbocycles. The van der Waals surface area contributed by atoms with Crippen LogP contribution in [-0.2, 0) is 6.42 Å². The molecule has 1 aliphatic rings. The minimum atomic E-state index is -0.540. The summed E-state index contributed by atoms with van der Waals surface area (Å²) in [6.45, 7) is 0. The van der Waals surface area contributed by atoms with Crippen LogP contribution < -0.4 is 10.6 Å². The molecule has 0 bridgehead atoms. The second-order valence-electron chi connectivity index (χ2n) is 7.65. The van der Waals surface area contributed by atoms with Crippen molar-refractivity contribution in [2.45, 2.75) is 31.2 Å². The summed E-state index contributed by atoms with van der Waals surface area (Å²) in [5.41, 5.74) is 2.03. The number of aromatic nitrogens is 3. The fourth-order valence-electron chi connectivity index (χ4n) is 3.42. The Balaban J connectivity index is 1.57. The number of likely N-dealkylation sites (N-methyl/N-ethyl adjacent to an activating group) is 1. The van der Waals surface area contributed by atoms with Gasteiger partial charge in [0.15, 0.2) is 0 Å². The normalized spacial score (nSPS) is 14.1. The molecule has 3 aromatic rings. The lowest BCUT2D eigenvalue weighted by atomic mass is 9.98. The largest absolute Gasteiger partial charge is 0.321 e. The first-order valence-electron chi connectivity index (χ1n) is 10.2. The van der Waals surface area contributed by atoms with Crippen LogP contribution in [0, 0.1) is 17.0 Å². The van der Waals surface area contributed by atoms with Gasteiger partial charge in [-0.3, -0.25) is 4.79 Å². The van der Waals surface area contributed by atoms with E-state index in [4.69, 9.17) is 5.41 Å². The molecule has 2 aromatic heterocycles. The lowest BCUT2D eigenvalue weighted by molar-refractivity contribution is 0.102. The minimum Gasteiger partial charge on any atom is -0.321 e. The summed E-state index contributed by atoms with van der Waals surface area (Å²) >= 11 is 0. The highest BCUT2D eigenvalue weighted by atomic mass is 19.1. The molecule has 1 saturated carbocycles. The number of carbonyl (C=O) groups is 1. The van der Waals surface area contributed by atoms with Crippen LogP contribution in [0.2, 0.25) is 0 Å². The number of carbonyl (C=O) groups excluding carboxylic acids is 1. The highest BCUT2D eigenvalue weighted by molar-refractivity contribution is 6.02. The van der Waals surface area contributed by atoms with E-state index < -0.39 is 23.6 Å². The summed E-state index contributed by atoms with van der Waals surface area (Å²) in [6.07, 6.45) is 6.24. The fourth-order valence-corrected chi connectivity index (χ4v) is 3.42. The summed E-state index contributed by atoms with van der Waals surface area (Å²) in [6, 6.07) is 6.25. The van der Waals surface area contributed by atoms with E-state index in [0.29, 0.717) is 34.8 Å². The molecule has 1 amide bonds. The fraction of sp³-hybridized carbons (Fsp3) is 0.261. The number of pyridine rings is 1. The predicted octanol–water partition coefficient (Wildman–Crippen LogP) is 3.78. The van der Waals surface area contributed by atoms with Gasteiger partial charge in [0.05, 0.1) is 11.9 Å². The minimum absolute atomic E-state index is 0.0478. The smallest absolute Gasteiger partial charge is 0.274 e. The van der Waals surface area contributed by atoms with Crippen molar-refractivity contribution in [3.63, 3.8) is 0 Å². The zero-order chi connectivity index (χ0) is 22.7. The van der Waals surface area contributed by atoms with Gasteiger partial charge in [0.1, 0.15) is 23.2 Å². The maximum Gasteiger partial charge on any atom is 0.274 e. The quantitative estimate of drug-likeness (QED) is 0.466. The maximum atomic E-state index is 14.7. The summed E-state index contributed by atoms with van der Waals surface area (Å²) < 4.78 is 27.8. The molecule has 2 heterocycles. The van der Waals surface area contributed by atoms with Crippen LogP contribution in [0.5, 0.6) is 0 Å². The van der Waals surface area contributed by atoms with Crippen molar-refractivity contribution in [2.24, 2.45) is 0 Å². The molecule has 32 heavy (non-hydrogen) atoms. The van der Waals surface area contributed by atoms with Crippen molar-refractivity contribution in [1.29, 1.82) is 5.41 Å². The van der Waals surface area contributed by atoms with Gasteiger partial charge in [0.2, 0.25) is 0 Å². The zero-order valence-electron chi connectivity index (χ0n) is 17.4. The Morgan fingerprint density at radius 2 is 2.03 bits per heavy atom. The number of hydrogen-bond acceptors (Lipinski definition) is 6. The number of amides is 1. The summed E-state index contributed by atoms with van der Waals surface area (Å²) in [5.74, 6) is -0.387. The van der Waals surface area contributed by atoms with Crippen LogP contribution in [0.15, 0.2) is 42.7 Å². The van der Waals surface area contributed by atoms with E-state index in [1.54, 1.807) is 19.3 Å². The molecule has 1 fully saturated rings. The van der Waals surface area contributed by atoms with Crippen molar-refractivity contribution >= 4 is 17.8 Å². The number of rotatable bonds is 8. The Labute approximate surface area is 183 Å². The first-order valence-corrected chi connectivity index (χ1v) is 10.2. The Bertz CT molecular complexity index is 1150. The zero-order valence-corrected chi connectivity index (χ0v) is 17.4. The number of benzene rings is 1. The van der Waals surface area contributed by atoms with Crippen LogP contribution in [0.1, 0.15) is 57.9 Å². The van der Waals surface area contributed by atoms with Crippen molar-refractivity contribution in [1.82, 2.24) is 20.3 Å². The first-order chi connectivity index (χ1) is 15.5. The van der Waals surface area contributed by atoms with Gasteiger partial charge in [-0.1, -0.05) is 0 Å². The van der Waals surface area contributed by atoms with Crippen molar-refractivity contribution in [3.8, 4) is 0 Å². The first kappa shape index (κ1) is 21.6. The molecule has 9 heteroatoms. The monoisotopic (exact) mass is 436 g/mol. The van der Waals surface area contributed by atoms with Gasteiger partial charge in [0.25, 0.3) is 5.91 Å². The van der Waals surface area contributed by atoms with Crippen LogP contribution in [-0.4, -0.2) is 34.1 Å². The molecule has 0 saturated heterocycles. The van der Waals surface area contributed by atoms with Gasteiger partial charge in [-0.25, -0.2) is 23.7 Å². The van der Waals surface area contributed by atoms with Gasteiger partial charge in [-0.2, -0.15) is 0 Å². The van der Waals surface area contributed by atoms with E-state index in [9.17, 15) is 13.6 Å². The van der Waals surface area contributed by atoms with Crippen LogP contribution in [0.25, 0.3) is 0 Å². The molecular weight excluding hydrogens is 414 g/mol. The average molecular weight is 436 g/mol. The molecule has 7 nitrogen and oxygen atoms in total. The van der Waals surface area contributed by atoms with E-state index in [-0.39, 0.29) is 5.69 Å². The van der Waals surface area contributed by atoms with Crippen molar-refractivity contribution in [3.05, 3.63) is 82.7 Å². The highest BCUT2D eigenvalue weighted by Crippen LogP contribution is 2.38. The Morgan fingerprint density at radius 3 is 2.69 bits per heavy atom. The van der Waals surface area contributed by atoms with Gasteiger partial charge in [-0.05, 0) is 50.2 Å². The third kappa shape index (κ3) is 4.83. The molecule has 3 N–H and O–H groups in total. The Kier molecular flexibility index (Phi) is 6.27. The third-order valence-corrected chi connectivity index (χ3v) is 5.35. The van der Waals surface area contributed by atoms with Crippen LogP contribution in [0.3, 0.4) is 0 Å². The van der Waals surface area contributed by atoms with E-state index >= 15 is 0 Å².